The fourth-order valence-corrected chi connectivity index (χ4v) is 2.71. The van der Waals surface area contributed by atoms with Crippen LogP contribution in [0.4, 0.5) is 0 Å². The Morgan fingerprint density at radius 3 is 3.20 bits per heavy atom. The third-order valence-corrected chi connectivity index (χ3v) is 3.97. The van der Waals surface area contributed by atoms with E-state index in [0.29, 0.717) is 13.0 Å². The summed E-state index contributed by atoms with van der Waals surface area (Å²) in [5.41, 5.74) is 1.79. The number of thioether (sulfide) groups is 1. The SMILES string of the molecule is O=C(Cc1c[nH]c2ncccc12)NCCSCCCO. The van der Waals surface area contributed by atoms with Crippen molar-refractivity contribution < 1.29 is 9.90 Å². The Bertz CT molecular complexity index is 556. The van der Waals surface area contributed by atoms with Gasteiger partial charge in [-0.2, -0.15) is 11.8 Å². The third kappa shape index (κ3) is 4.25. The number of carbonyl (C=O) groups excluding carboxylic acids is 1. The van der Waals surface area contributed by atoms with Gasteiger partial charge in [-0.1, -0.05) is 0 Å². The molecule has 0 aromatic carbocycles. The smallest absolute Gasteiger partial charge is 0.224 e. The van der Waals surface area contributed by atoms with Crippen molar-refractivity contribution in [1.82, 2.24) is 15.3 Å². The summed E-state index contributed by atoms with van der Waals surface area (Å²) in [5.74, 6) is 1.83. The number of aromatic amines is 1. The summed E-state index contributed by atoms with van der Waals surface area (Å²) in [5, 5.41) is 12.6. The lowest BCUT2D eigenvalue weighted by Crippen LogP contribution is -2.27. The first-order valence-electron chi connectivity index (χ1n) is 6.67. The normalized spacial score (nSPS) is 10.8. The second kappa shape index (κ2) is 7.91. The van der Waals surface area contributed by atoms with E-state index in [2.05, 4.69) is 15.3 Å². The molecule has 6 heteroatoms. The van der Waals surface area contributed by atoms with Crippen LogP contribution in [-0.4, -0.2) is 45.6 Å². The maximum Gasteiger partial charge on any atom is 0.224 e. The molecule has 0 spiro atoms. The second-order valence-electron chi connectivity index (χ2n) is 4.43. The average Bonchev–Trinajstić information content (AvgIpc) is 2.86. The maximum atomic E-state index is 11.8. The Kier molecular flexibility index (Phi) is 5.88. The average molecular weight is 293 g/mol. The first kappa shape index (κ1) is 14.9. The number of nitrogens with one attached hydrogen (secondary N) is 2. The topological polar surface area (TPSA) is 78.0 Å². The predicted octanol–water partition coefficient (Wildman–Crippen LogP) is 1.34. The molecular weight excluding hydrogens is 274 g/mol. The molecule has 0 bridgehead atoms. The molecule has 2 heterocycles. The number of hydrogen-bond acceptors (Lipinski definition) is 4. The number of nitrogens with zero attached hydrogens (tertiary/aromatic N) is 1. The summed E-state index contributed by atoms with van der Waals surface area (Å²) in [6.07, 6.45) is 4.74. The number of aliphatic hydroxyl groups excluding tert-OH is 1. The van der Waals surface area contributed by atoms with E-state index in [1.165, 1.54) is 0 Å². The van der Waals surface area contributed by atoms with E-state index >= 15 is 0 Å². The molecular formula is C14H19N3O2S. The van der Waals surface area contributed by atoms with Gasteiger partial charge in [-0.3, -0.25) is 4.79 Å². The number of aliphatic hydroxyl groups is 1. The molecule has 2 aromatic rings. The molecule has 2 aromatic heterocycles. The minimum atomic E-state index is 0.0255. The molecule has 5 nitrogen and oxygen atoms in total. The number of H-pyrrole nitrogens is 1. The summed E-state index contributed by atoms with van der Waals surface area (Å²) in [6.45, 7) is 0.892. The number of carbonyl (C=O) groups is 1. The highest BCUT2D eigenvalue weighted by molar-refractivity contribution is 7.99. The highest BCUT2D eigenvalue weighted by Gasteiger charge is 2.08. The van der Waals surface area contributed by atoms with Gasteiger partial charge in [-0.15, -0.1) is 0 Å². The largest absolute Gasteiger partial charge is 0.396 e. The Hall–Kier alpha value is -1.53. The summed E-state index contributed by atoms with van der Waals surface area (Å²) < 4.78 is 0. The van der Waals surface area contributed by atoms with Gasteiger partial charge in [0.2, 0.25) is 5.91 Å². The zero-order chi connectivity index (χ0) is 14.2. The van der Waals surface area contributed by atoms with Crippen LogP contribution < -0.4 is 5.32 Å². The van der Waals surface area contributed by atoms with Crippen molar-refractivity contribution in [2.75, 3.05) is 24.7 Å². The zero-order valence-electron chi connectivity index (χ0n) is 11.3. The van der Waals surface area contributed by atoms with Gasteiger partial charge in [0.1, 0.15) is 5.65 Å². The Morgan fingerprint density at radius 1 is 1.45 bits per heavy atom. The van der Waals surface area contributed by atoms with Crippen LogP contribution in [-0.2, 0) is 11.2 Å². The first-order valence-corrected chi connectivity index (χ1v) is 7.83. The van der Waals surface area contributed by atoms with Crippen molar-refractivity contribution in [3.63, 3.8) is 0 Å². The van der Waals surface area contributed by atoms with E-state index in [9.17, 15) is 4.79 Å². The molecule has 0 aliphatic heterocycles. The zero-order valence-corrected chi connectivity index (χ0v) is 12.1. The van der Waals surface area contributed by atoms with Crippen LogP contribution in [0.1, 0.15) is 12.0 Å². The number of aromatic nitrogens is 2. The molecule has 2 rings (SSSR count). The molecule has 0 unspecified atom stereocenters. The van der Waals surface area contributed by atoms with Crippen molar-refractivity contribution in [2.45, 2.75) is 12.8 Å². The number of amides is 1. The fourth-order valence-electron chi connectivity index (χ4n) is 1.93. The Morgan fingerprint density at radius 2 is 2.35 bits per heavy atom. The maximum absolute atomic E-state index is 11.8. The molecule has 108 valence electrons. The van der Waals surface area contributed by atoms with E-state index in [1.807, 2.05) is 18.3 Å². The molecule has 0 fully saturated rings. The lowest BCUT2D eigenvalue weighted by atomic mass is 10.1. The standard InChI is InChI=1S/C14H19N3O2S/c18-6-2-7-20-8-5-15-13(19)9-11-10-17-14-12(11)3-1-4-16-14/h1,3-4,10,18H,2,5-9H2,(H,15,19)(H,16,17). The van der Waals surface area contributed by atoms with Gasteiger partial charge >= 0.3 is 0 Å². The van der Waals surface area contributed by atoms with Gasteiger partial charge in [-0.05, 0) is 29.9 Å². The van der Waals surface area contributed by atoms with Crippen LogP contribution >= 0.6 is 11.8 Å². The first-order chi connectivity index (χ1) is 9.81. The molecule has 0 aliphatic carbocycles. The minimum Gasteiger partial charge on any atom is -0.396 e. The summed E-state index contributed by atoms with van der Waals surface area (Å²) in [6, 6.07) is 3.83. The number of fused-ring (bicyclic) bond motifs is 1. The summed E-state index contributed by atoms with van der Waals surface area (Å²) in [4.78, 5) is 19.1. The van der Waals surface area contributed by atoms with Gasteiger partial charge in [0.25, 0.3) is 0 Å². The highest BCUT2D eigenvalue weighted by Crippen LogP contribution is 2.15. The Balaban J connectivity index is 1.74. The van der Waals surface area contributed by atoms with Crippen molar-refractivity contribution in [1.29, 1.82) is 0 Å². The van der Waals surface area contributed by atoms with Crippen LogP contribution in [0.5, 0.6) is 0 Å². The molecule has 0 saturated heterocycles. The van der Waals surface area contributed by atoms with Crippen molar-refractivity contribution in [3.05, 3.63) is 30.1 Å². The molecule has 0 saturated carbocycles. The third-order valence-electron chi connectivity index (χ3n) is 2.90. The molecule has 20 heavy (non-hydrogen) atoms. The van der Waals surface area contributed by atoms with E-state index in [0.717, 1.165) is 34.5 Å². The van der Waals surface area contributed by atoms with Crippen molar-refractivity contribution in [3.8, 4) is 0 Å². The lowest BCUT2D eigenvalue weighted by molar-refractivity contribution is -0.120. The van der Waals surface area contributed by atoms with Gasteiger partial charge in [0, 0.05) is 36.7 Å². The van der Waals surface area contributed by atoms with Crippen molar-refractivity contribution in [2.24, 2.45) is 0 Å². The Labute approximate surface area is 122 Å². The van der Waals surface area contributed by atoms with Crippen LogP contribution in [0, 0.1) is 0 Å². The summed E-state index contributed by atoms with van der Waals surface area (Å²) >= 11 is 1.74. The lowest BCUT2D eigenvalue weighted by Gasteiger charge is -2.04. The number of rotatable bonds is 8. The monoisotopic (exact) mass is 293 g/mol. The number of pyridine rings is 1. The molecule has 0 atom stereocenters. The van der Waals surface area contributed by atoms with E-state index in [1.54, 1.807) is 18.0 Å². The highest BCUT2D eigenvalue weighted by atomic mass is 32.2. The second-order valence-corrected chi connectivity index (χ2v) is 5.65. The van der Waals surface area contributed by atoms with Crippen LogP contribution in [0.25, 0.3) is 11.0 Å². The van der Waals surface area contributed by atoms with Gasteiger partial charge < -0.3 is 15.4 Å². The van der Waals surface area contributed by atoms with E-state index in [4.69, 9.17) is 5.11 Å². The van der Waals surface area contributed by atoms with Crippen LogP contribution in [0.2, 0.25) is 0 Å². The predicted molar refractivity (Wildman–Crippen MR) is 81.8 cm³/mol. The quantitative estimate of drug-likeness (QED) is 0.642. The summed E-state index contributed by atoms with van der Waals surface area (Å²) in [7, 11) is 0. The van der Waals surface area contributed by atoms with E-state index < -0.39 is 0 Å². The molecule has 3 N–H and O–H groups in total. The molecule has 0 aliphatic rings. The van der Waals surface area contributed by atoms with Gasteiger partial charge in [-0.25, -0.2) is 4.98 Å². The van der Waals surface area contributed by atoms with Gasteiger partial charge in [0.15, 0.2) is 0 Å². The van der Waals surface area contributed by atoms with Crippen LogP contribution in [0.15, 0.2) is 24.5 Å². The molecule has 0 radical (unpaired) electrons. The van der Waals surface area contributed by atoms with Crippen molar-refractivity contribution >= 4 is 28.7 Å². The van der Waals surface area contributed by atoms with Crippen LogP contribution in [0.3, 0.4) is 0 Å². The molecule has 1 amide bonds. The fraction of sp³-hybridized carbons (Fsp3) is 0.429. The minimum absolute atomic E-state index is 0.0255. The van der Waals surface area contributed by atoms with E-state index in [-0.39, 0.29) is 12.5 Å². The number of hydrogen-bond donors (Lipinski definition) is 3. The van der Waals surface area contributed by atoms with Gasteiger partial charge in [0.05, 0.1) is 6.42 Å².